The van der Waals surface area contributed by atoms with Gasteiger partial charge in [0.25, 0.3) is 0 Å². The van der Waals surface area contributed by atoms with Crippen LogP contribution in [-0.4, -0.2) is 12.6 Å². The highest BCUT2D eigenvalue weighted by atomic mass is 127. The van der Waals surface area contributed by atoms with Crippen molar-refractivity contribution in [2.75, 3.05) is 6.61 Å². The van der Waals surface area contributed by atoms with Crippen molar-refractivity contribution in [3.05, 3.63) is 55.6 Å². The van der Waals surface area contributed by atoms with Gasteiger partial charge in [0.2, 0.25) is 0 Å². The number of esters is 1. The molecule has 0 amide bonds. The van der Waals surface area contributed by atoms with Gasteiger partial charge in [0.1, 0.15) is 0 Å². The number of halogens is 2. The molecule has 0 spiro atoms. The van der Waals surface area contributed by atoms with E-state index in [0.29, 0.717) is 28.0 Å². The highest BCUT2D eigenvalue weighted by Crippen LogP contribution is 2.37. The lowest BCUT2D eigenvalue weighted by atomic mass is 10.2. The van der Waals surface area contributed by atoms with Gasteiger partial charge in [0.05, 0.1) is 28.3 Å². The average Bonchev–Trinajstić information content (AvgIpc) is 2.50. The van der Waals surface area contributed by atoms with Crippen molar-refractivity contribution in [1.29, 1.82) is 5.26 Å². The van der Waals surface area contributed by atoms with E-state index in [4.69, 9.17) is 14.7 Å². The van der Waals surface area contributed by atoms with Gasteiger partial charge in [0.15, 0.2) is 11.5 Å². The Balaban J connectivity index is 2.39. The minimum absolute atomic E-state index is 0.269. The summed E-state index contributed by atoms with van der Waals surface area (Å²) in [5.41, 5.74) is 0.895. The van der Waals surface area contributed by atoms with Gasteiger partial charge in [-0.3, -0.25) is 0 Å². The highest BCUT2D eigenvalue weighted by Gasteiger charge is 2.18. The van der Waals surface area contributed by atoms with Gasteiger partial charge in [-0.15, -0.1) is 0 Å². The second-order valence-electron chi connectivity index (χ2n) is 4.20. The molecular weight excluding hydrogens is 461 g/mol. The number of carbonyl (C=O) groups excluding carboxylic acids is 1. The Morgan fingerprint density at radius 2 is 2.09 bits per heavy atom. The van der Waals surface area contributed by atoms with E-state index in [0.717, 1.165) is 3.57 Å². The molecule has 2 rings (SSSR count). The molecule has 6 heteroatoms. The maximum absolute atomic E-state index is 12.3. The van der Waals surface area contributed by atoms with Crippen molar-refractivity contribution in [3.8, 4) is 17.6 Å². The van der Waals surface area contributed by atoms with Crippen LogP contribution in [0.4, 0.5) is 0 Å². The van der Waals surface area contributed by atoms with E-state index in [1.807, 2.05) is 25.1 Å². The Hall–Kier alpha value is -1.59. The van der Waals surface area contributed by atoms with Crippen LogP contribution in [0.1, 0.15) is 22.8 Å². The SMILES string of the molecule is CCOc1cc(C#N)cc(Br)c1OC(=O)c1ccccc1I. The van der Waals surface area contributed by atoms with Crippen molar-refractivity contribution < 1.29 is 14.3 Å². The number of benzene rings is 2. The maximum atomic E-state index is 12.3. The van der Waals surface area contributed by atoms with E-state index in [2.05, 4.69) is 38.5 Å². The molecule has 112 valence electrons. The standard InChI is InChI=1S/C16H11BrINO3/c1-2-21-14-8-10(9-19)7-12(17)15(14)22-16(20)11-5-3-4-6-13(11)18/h3-8H,2H2,1H3. The molecule has 0 aliphatic heterocycles. The molecule has 0 atom stereocenters. The first-order valence-corrected chi connectivity index (χ1v) is 8.27. The fourth-order valence-corrected chi connectivity index (χ4v) is 2.90. The molecule has 0 heterocycles. The van der Waals surface area contributed by atoms with Crippen molar-refractivity contribution in [3.63, 3.8) is 0 Å². The fraction of sp³-hybridized carbons (Fsp3) is 0.125. The first-order chi connectivity index (χ1) is 10.6. The molecule has 0 radical (unpaired) electrons. The largest absolute Gasteiger partial charge is 0.490 e. The van der Waals surface area contributed by atoms with E-state index in [1.54, 1.807) is 24.3 Å². The van der Waals surface area contributed by atoms with Gasteiger partial charge in [-0.2, -0.15) is 5.26 Å². The predicted molar refractivity (Wildman–Crippen MR) is 94.1 cm³/mol. The number of hydrogen-bond acceptors (Lipinski definition) is 4. The van der Waals surface area contributed by atoms with E-state index in [1.165, 1.54) is 0 Å². The molecule has 2 aromatic rings. The van der Waals surface area contributed by atoms with Crippen LogP contribution >= 0.6 is 38.5 Å². The summed E-state index contributed by atoms with van der Waals surface area (Å²) in [6.07, 6.45) is 0. The quantitative estimate of drug-likeness (QED) is 0.373. The predicted octanol–water partition coefficient (Wildman–Crippen LogP) is 4.54. The zero-order valence-electron chi connectivity index (χ0n) is 11.6. The van der Waals surface area contributed by atoms with Crippen LogP contribution in [-0.2, 0) is 0 Å². The molecule has 0 aliphatic carbocycles. The van der Waals surface area contributed by atoms with Gasteiger partial charge >= 0.3 is 5.97 Å². The first kappa shape index (κ1) is 16.8. The number of hydrogen-bond donors (Lipinski definition) is 0. The lowest BCUT2D eigenvalue weighted by Gasteiger charge is -2.13. The van der Waals surface area contributed by atoms with Gasteiger partial charge in [-0.1, -0.05) is 12.1 Å². The molecule has 0 saturated carbocycles. The van der Waals surface area contributed by atoms with Crippen LogP contribution in [0, 0.1) is 14.9 Å². The maximum Gasteiger partial charge on any atom is 0.344 e. The Morgan fingerprint density at radius 1 is 1.36 bits per heavy atom. The fourth-order valence-electron chi connectivity index (χ4n) is 1.77. The summed E-state index contributed by atoms with van der Waals surface area (Å²) in [6.45, 7) is 2.22. The second-order valence-corrected chi connectivity index (χ2v) is 6.22. The van der Waals surface area contributed by atoms with Crippen molar-refractivity contribution in [2.45, 2.75) is 6.92 Å². The Kier molecular flexibility index (Phi) is 5.80. The van der Waals surface area contributed by atoms with Crippen LogP contribution in [0.2, 0.25) is 0 Å². The third-order valence-corrected chi connectivity index (χ3v) is 4.26. The summed E-state index contributed by atoms with van der Waals surface area (Å²) in [7, 11) is 0. The van der Waals surface area contributed by atoms with Crippen LogP contribution in [0.3, 0.4) is 0 Å². The molecule has 4 nitrogen and oxygen atoms in total. The lowest BCUT2D eigenvalue weighted by molar-refractivity contribution is 0.0726. The monoisotopic (exact) mass is 471 g/mol. The van der Waals surface area contributed by atoms with E-state index in [-0.39, 0.29) is 5.75 Å². The molecule has 0 saturated heterocycles. The summed E-state index contributed by atoms with van der Waals surface area (Å²) >= 11 is 5.39. The second kappa shape index (κ2) is 7.61. The minimum atomic E-state index is -0.476. The summed E-state index contributed by atoms with van der Waals surface area (Å²) < 4.78 is 12.2. The summed E-state index contributed by atoms with van der Waals surface area (Å²) in [6, 6.07) is 12.3. The molecule has 0 unspecified atom stereocenters. The molecule has 0 fully saturated rings. The normalized spacial score (nSPS) is 9.91. The third-order valence-electron chi connectivity index (χ3n) is 2.73. The molecule has 0 N–H and O–H groups in total. The van der Waals surface area contributed by atoms with E-state index in [9.17, 15) is 4.79 Å². The van der Waals surface area contributed by atoms with Crippen molar-refractivity contribution >= 4 is 44.5 Å². The molecule has 22 heavy (non-hydrogen) atoms. The average molecular weight is 472 g/mol. The van der Waals surface area contributed by atoms with Crippen LogP contribution < -0.4 is 9.47 Å². The number of rotatable bonds is 4. The minimum Gasteiger partial charge on any atom is -0.490 e. The number of carbonyl (C=O) groups is 1. The third kappa shape index (κ3) is 3.78. The van der Waals surface area contributed by atoms with Crippen LogP contribution in [0.25, 0.3) is 0 Å². The van der Waals surface area contributed by atoms with Gasteiger partial charge in [0, 0.05) is 9.64 Å². The van der Waals surface area contributed by atoms with Crippen LogP contribution in [0.15, 0.2) is 40.9 Å². The number of nitriles is 1. The number of nitrogens with zero attached hydrogens (tertiary/aromatic N) is 1. The molecule has 2 aromatic carbocycles. The zero-order chi connectivity index (χ0) is 16.1. The number of ether oxygens (including phenoxy) is 2. The van der Waals surface area contributed by atoms with E-state index >= 15 is 0 Å². The molecular formula is C16H11BrINO3. The lowest BCUT2D eigenvalue weighted by Crippen LogP contribution is -2.11. The highest BCUT2D eigenvalue weighted by molar-refractivity contribution is 14.1. The van der Waals surface area contributed by atoms with E-state index < -0.39 is 5.97 Å². The Morgan fingerprint density at radius 3 is 2.73 bits per heavy atom. The summed E-state index contributed by atoms with van der Waals surface area (Å²) in [4.78, 5) is 12.3. The topological polar surface area (TPSA) is 59.3 Å². The molecule has 0 bridgehead atoms. The molecule has 0 aromatic heterocycles. The summed E-state index contributed by atoms with van der Waals surface area (Å²) in [5, 5.41) is 9.01. The van der Waals surface area contributed by atoms with Gasteiger partial charge in [-0.05, 0) is 63.6 Å². The zero-order valence-corrected chi connectivity index (χ0v) is 15.3. The van der Waals surface area contributed by atoms with Gasteiger partial charge in [-0.25, -0.2) is 4.79 Å². The van der Waals surface area contributed by atoms with Crippen LogP contribution in [0.5, 0.6) is 11.5 Å². The van der Waals surface area contributed by atoms with Crippen molar-refractivity contribution in [2.24, 2.45) is 0 Å². The molecule has 0 aliphatic rings. The smallest absolute Gasteiger partial charge is 0.344 e. The Bertz CT molecular complexity index is 756. The first-order valence-electron chi connectivity index (χ1n) is 6.40. The van der Waals surface area contributed by atoms with Gasteiger partial charge < -0.3 is 9.47 Å². The van der Waals surface area contributed by atoms with Crippen molar-refractivity contribution in [1.82, 2.24) is 0 Å². The summed E-state index contributed by atoms with van der Waals surface area (Å²) in [5.74, 6) is 0.148. The Labute approximate surface area is 150 Å².